The van der Waals surface area contributed by atoms with Crippen LogP contribution >= 0.6 is 0 Å². The molecule has 1 amide bonds. The molecule has 0 spiro atoms. The number of nitriles is 1. The van der Waals surface area contributed by atoms with Crippen LogP contribution in [0, 0.1) is 24.2 Å². The highest BCUT2D eigenvalue weighted by Gasteiger charge is 2.42. The molecule has 22 heavy (non-hydrogen) atoms. The normalized spacial score (nSPS) is 19.8. The van der Waals surface area contributed by atoms with Crippen LogP contribution < -0.4 is 10.6 Å². The first-order valence-electron chi connectivity index (χ1n) is 7.82. The van der Waals surface area contributed by atoms with E-state index in [1.165, 1.54) is 0 Å². The van der Waals surface area contributed by atoms with Gasteiger partial charge in [0.1, 0.15) is 5.54 Å². The maximum atomic E-state index is 12.1. The third kappa shape index (κ3) is 3.86. The van der Waals surface area contributed by atoms with Crippen molar-refractivity contribution in [2.45, 2.75) is 58.2 Å². The van der Waals surface area contributed by atoms with Crippen molar-refractivity contribution < 1.29 is 4.79 Å². The number of rotatable bonds is 7. The Morgan fingerprint density at radius 1 is 1.59 bits per heavy atom. The second kappa shape index (κ2) is 6.49. The van der Waals surface area contributed by atoms with Crippen LogP contribution in [0.25, 0.3) is 0 Å². The van der Waals surface area contributed by atoms with Gasteiger partial charge in [-0.25, -0.2) is 0 Å². The molecular formula is C16H25N5O. The topological polar surface area (TPSA) is 82.7 Å². The van der Waals surface area contributed by atoms with Crippen molar-refractivity contribution in [1.29, 1.82) is 5.26 Å². The van der Waals surface area contributed by atoms with Gasteiger partial charge in [-0.1, -0.05) is 0 Å². The average Bonchev–Trinajstić information content (AvgIpc) is 3.26. The summed E-state index contributed by atoms with van der Waals surface area (Å²) < 4.78 is 1.90. The lowest BCUT2D eigenvalue weighted by Crippen LogP contribution is -2.51. The lowest BCUT2D eigenvalue weighted by Gasteiger charge is -2.25. The van der Waals surface area contributed by atoms with Crippen LogP contribution in [-0.2, 0) is 4.79 Å². The second-order valence-corrected chi connectivity index (χ2v) is 6.54. The Hall–Kier alpha value is -1.87. The Balaban J connectivity index is 1.81. The van der Waals surface area contributed by atoms with E-state index in [2.05, 4.69) is 28.7 Å². The SMILES string of the molecule is Cc1cnn([C@H](C)[C@H](C)NCC(=O)N[C@@](C)(C#N)C2CC2)c1. The van der Waals surface area contributed by atoms with Gasteiger partial charge in [0, 0.05) is 12.2 Å². The molecule has 120 valence electrons. The monoisotopic (exact) mass is 303 g/mol. The minimum atomic E-state index is -0.729. The zero-order chi connectivity index (χ0) is 16.3. The quantitative estimate of drug-likeness (QED) is 0.800. The van der Waals surface area contributed by atoms with Gasteiger partial charge >= 0.3 is 0 Å². The van der Waals surface area contributed by atoms with Gasteiger partial charge in [-0.15, -0.1) is 0 Å². The molecule has 3 atom stereocenters. The molecule has 1 aromatic heterocycles. The number of nitrogens with one attached hydrogen (secondary N) is 2. The number of aryl methyl sites for hydroxylation is 1. The molecule has 0 aliphatic heterocycles. The molecule has 6 nitrogen and oxygen atoms in total. The predicted octanol–water partition coefficient (Wildman–Crippen LogP) is 1.54. The molecule has 0 radical (unpaired) electrons. The van der Waals surface area contributed by atoms with Crippen LogP contribution in [-0.4, -0.2) is 33.8 Å². The van der Waals surface area contributed by atoms with Crippen molar-refractivity contribution in [3.63, 3.8) is 0 Å². The van der Waals surface area contributed by atoms with Crippen molar-refractivity contribution in [1.82, 2.24) is 20.4 Å². The first-order valence-corrected chi connectivity index (χ1v) is 7.82. The summed E-state index contributed by atoms with van der Waals surface area (Å²) in [4.78, 5) is 12.1. The molecule has 1 fully saturated rings. The molecule has 1 aliphatic carbocycles. The molecule has 6 heteroatoms. The first kappa shape index (κ1) is 16.5. The summed E-state index contributed by atoms with van der Waals surface area (Å²) in [5.41, 5.74) is 0.387. The molecule has 0 unspecified atom stereocenters. The Kier molecular flexibility index (Phi) is 4.87. The molecule has 1 aliphatic rings. The summed E-state index contributed by atoms with van der Waals surface area (Å²) in [6, 6.07) is 2.48. The van der Waals surface area contributed by atoms with Gasteiger partial charge in [0.05, 0.1) is 24.9 Å². The summed E-state index contributed by atoms with van der Waals surface area (Å²) in [7, 11) is 0. The van der Waals surface area contributed by atoms with E-state index in [1.807, 2.05) is 30.9 Å². The third-order valence-corrected chi connectivity index (χ3v) is 4.48. The number of carbonyl (C=O) groups is 1. The number of hydrogen-bond donors (Lipinski definition) is 2. The summed E-state index contributed by atoms with van der Waals surface area (Å²) >= 11 is 0. The van der Waals surface area contributed by atoms with E-state index in [9.17, 15) is 10.1 Å². The maximum absolute atomic E-state index is 12.1. The standard InChI is InChI=1S/C16H25N5O/c1-11-7-19-21(9-11)13(3)12(2)18-8-15(22)20-16(4,10-17)14-5-6-14/h7,9,12-14,18H,5-6,8H2,1-4H3,(H,20,22)/t12-,13+,16-/m0/s1. The molecule has 1 heterocycles. The second-order valence-electron chi connectivity index (χ2n) is 6.54. The minimum Gasteiger partial charge on any atom is -0.337 e. The third-order valence-electron chi connectivity index (χ3n) is 4.48. The summed E-state index contributed by atoms with van der Waals surface area (Å²) in [5, 5.41) is 19.6. The van der Waals surface area contributed by atoms with Crippen molar-refractivity contribution in [3.8, 4) is 6.07 Å². The Labute approximate surface area is 131 Å². The lowest BCUT2D eigenvalue weighted by molar-refractivity contribution is -0.121. The highest BCUT2D eigenvalue weighted by molar-refractivity contribution is 5.79. The van der Waals surface area contributed by atoms with E-state index in [1.54, 1.807) is 6.92 Å². The Morgan fingerprint density at radius 3 is 2.77 bits per heavy atom. The zero-order valence-corrected chi connectivity index (χ0v) is 13.8. The van der Waals surface area contributed by atoms with E-state index in [0.29, 0.717) is 5.92 Å². The van der Waals surface area contributed by atoms with Gasteiger partial charge in [-0.05, 0) is 52.0 Å². The van der Waals surface area contributed by atoms with Crippen molar-refractivity contribution >= 4 is 5.91 Å². The summed E-state index contributed by atoms with van der Waals surface area (Å²) in [6.45, 7) is 8.10. The van der Waals surface area contributed by atoms with E-state index < -0.39 is 5.54 Å². The maximum Gasteiger partial charge on any atom is 0.235 e. The van der Waals surface area contributed by atoms with Gasteiger partial charge in [0.25, 0.3) is 0 Å². The van der Waals surface area contributed by atoms with E-state index in [0.717, 1.165) is 18.4 Å². The molecule has 0 saturated heterocycles. The highest BCUT2D eigenvalue weighted by atomic mass is 16.2. The number of carbonyl (C=O) groups excluding carboxylic acids is 1. The van der Waals surface area contributed by atoms with Crippen LogP contribution in [0.4, 0.5) is 0 Å². The average molecular weight is 303 g/mol. The van der Waals surface area contributed by atoms with Crippen LogP contribution in [0.15, 0.2) is 12.4 Å². The first-order chi connectivity index (χ1) is 10.4. The zero-order valence-electron chi connectivity index (χ0n) is 13.8. The Morgan fingerprint density at radius 2 is 2.27 bits per heavy atom. The van der Waals surface area contributed by atoms with Crippen molar-refractivity contribution in [2.24, 2.45) is 5.92 Å². The molecule has 1 aromatic rings. The number of amides is 1. The fraction of sp³-hybridized carbons (Fsp3) is 0.688. The van der Waals surface area contributed by atoms with Gasteiger partial charge < -0.3 is 10.6 Å². The largest absolute Gasteiger partial charge is 0.337 e. The van der Waals surface area contributed by atoms with E-state index in [-0.39, 0.29) is 24.5 Å². The van der Waals surface area contributed by atoms with Crippen molar-refractivity contribution in [3.05, 3.63) is 18.0 Å². The molecule has 1 saturated carbocycles. The molecular weight excluding hydrogens is 278 g/mol. The van der Waals surface area contributed by atoms with E-state index >= 15 is 0 Å². The predicted molar refractivity (Wildman–Crippen MR) is 84.0 cm³/mol. The fourth-order valence-corrected chi connectivity index (χ4v) is 2.52. The minimum absolute atomic E-state index is 0.0966. The van der Waals surface area contributed by atoms with Gasteiger partial charge in [-0.2, -0.15) is 10.4 Å². The Bertz CT molecular complexity index is 571. The van der Waals surface area contributed by atoms with Gasteiger partial charge in [0.2, 0.25) is 5.91 Å². The van der Waals surface area contributed by atoms with Gasteiger partial charge in [0.15, 0.2) is 0 Å². The molecule has 2 N–H and O–H groups in total. The van der Waals surface area contributed by atoms with E-state index in [4.69, 9.17) is 0 Å². The number of hydrogen-bond acceptors (Lipinski definition) is 4. The van der Waals surface area contributed by atoms with Crippen LogP contribution in [0.3, 0.4) is 0 Å². The van der Waals surface area contributed by atoms with Crippen LogP contribution in [0.1, 0.15) is 45.2 Å². The highest BCUT2D eigenvalue weighted by Crippen LogP contribution is 2.39. The summed E-state index contributed by atoms with van der Waals surface area (Å²) in [6.07, 6.45) is 5.85. The van der Waals surface area contributed by atoms with Gasteiger partial charge in [-0.3, -0.25) is 9.48 Å². The van der Waals surface area contributed by atoms with Crippen molar-refractivity contribution in [2.75, 3.05) is 6.54 Å². The number of aromatic nitrogens is 2. The fourth-order valence-electron chi connectivity index (χ4n) is 2.52. The van der Waals surface area contributed by atoms with Crippen LogP contribution in [0.2, 0.25) is 0 Å². The van der Waals surface area contributed by atoms with Crippen LogP contribution in [0.5, 0.6) is 0 Å². The molecule has 2 rings (SSSR count). The molecule has 0 bridgehead atoms. The molecule has 0 aromatic carbocycles. The lowest BCUT2D eigenvalue weighted by atomic mass is 9.98. The number of nitrogens with zero attached hydrogens (tertiary/aromatic N) is 3. The summed E-state index contributed by atoms with van der Waals surface area (Å²) in [5.74, 6) is 0.163. The smallest absolute Gasteiger partial charge is 0.235 e.